The van der Waals surface area contributed by atoms with Gasteiger partial charge < -0.3 is 4.43 Å². The third-order valence-electron chi connectivity index (χ3n) is 3.10. The molecule has 0 saturated heterocycles. The predicted molar refractivity (Wildman–Crippen MR) is 107 cm³/mol. The first-order valence-electron chi connectivity index (χ1n) is 7.87. The summed E-state index contributed by atoms with van der Waals surface area (Å²) in [5.41, 5.74) is 3.95. The van der Waals surface area contributed by atoms with Crippen molar-refractivity contribution in [2.75, 3.05) is 0 Å². The Morgan fingerprint density at radius 2 is 1.61 bits per heavy atom. The zero-order chi connectivity index (χ0) is 17.7. The summed E-state index contributed by atoms with van der Waals surface area (Å²) < 4.78 is 6.57. The van der Waals surface area contributed by atoms with Crippen LogP contribution in [0, 0.1) is 23.8 Å². The lowest BCUT2D eigenvalue weighted by molar-refractivity contribution is 0.0685. The number of hydrogen-bond acceptors (Lipinski definition) is 1. The molecule has 0 aliphatic rings. The summed E-state index contributed by atoms with van der Waals surface area (Å²) in [5, 5.41) is 0.713. The molecule has 0 heterocycles. The second-order valence-corrected chi connectivity index (χ2v) is 17.4. The molecule has 0 aliphatic carbocycles. The van der Waals surface area contributed by atoms with E-state index < -0.39 is 22.0 Å². The average molecular weight is 363 g/mol. The van der Waals surface area contributed by atoms with Crippen molar-refractivity contribution < 1.29 is 4.43 Å². The molecule has 1 rings (SSSR count). The van der Waals surface area contributed by atoms with Gasteiger partial charge in [-0.15, -0.1) is 23.8 Å². The van der Waals surface area contributed by atoms with E-state index in [-0.39, 0.29) is 0 Å². The standard InChI is InChI=1S/C19H27ClOSi2/c1-8-14-19(21-23(5,6)7,15-9-16-22(2,3)4)17-10-12-18(20)13-11-17/h1,10-13H,14-15H2,2-7H3. The minimum atomic E-state index is -1.81. The maximum Gasteiger partial charge on any atom is 0.185 e. The molecule has 23 heavy (non-hydrogen) atoms. The van der Waals surface area contributed by atoms with Gasteiger partial charge in [0.2, 0.25) is 0 Å². The van der Waals surface area contributed by atoms with Crippen LogP contribution in [0.5, 0.6) is 0 Å². The van der Waals surface area contributed by atoms with Crippen LogP contribution >= 0.6 is 11.6 Å². The van der Waals surface area contributed by atoms with E-state index >= 15 is 0 Å². The summed E-state index contributed by atoms with van der Waals surface area (Å²) in [5.74, 6) is 6.17. The third kappa shape index (κ3) is 6.98. The van der Waals surface area contributed by atoms with E-state index in [0.717, 1.165) is 5.56 Å². The van der Waals surface area contributed by atoms with Crippen molar-refractivity contribution in [3.8, 4) is 23.8 Å². The van der Waals surface area contributed by atoms with Crippen LogP contribution < -0.4 is 0 Å². The summed E-state index contributed by atoms with van der Waals surface area (Å²) >= 11 is 6.04. The Labute approximate surface area is 148 Å². The van der Waals surface area contributed by atoms with Crippen molar-refractivity contribution >= 4 is 28.0 Å². The first-order chi connectivity index (χ1) is 10.5. The Bertz CT molecular complexity index is 621. The molecule has 0 amide bonds. The number of halogens is 1. The van der Waals surface area contributed by atoms with Gasteiger partial charge in [0.15, 0.2) is 8.32 Å². The molecule has 0 N–H and O–H groups in total. The molecule has 1 aromatic rings. The molecule has 1 atom stereocenters. The van der Waals surface area contributed by atoms with Crippen molar-refractivity contribution in [3.63, 3.8) is 0 Å². The molecule has 0 spiro atoms. The second-order valence-electron chi connectivity index (χ2n) is 7.83. The topological polar surface area (TPSA) is 9.23 Å². The highest BCUT2D eigenvalue weighted by atomic mass is 35.5. The molecule has 124 valence electrons. The Morgan fingerprint density at radius 3 is 2.04 bits per heavy atom. The highest BCUT2D eigenvalue weighted by molar-refractivity contribution is 6.83. The van der Waals surface area contributed by atoms with E-state index in [4.69, 9.17) is 22.5 Å². The number of terminal acetylenes is 1. The zero-order valence-electron chi connectivity index (χ0n) is 15.1. The normalized spacial score (nSPS) is 14.3. The molecule has 1 aromatic carbocycles. The lowest BCUT2D eigenvalue weighted by atomic mass is 9.88. The van der Waals surface area contributed by atoms with Crippen molar-refractivity contribution in [2.24, 2.45) is 0 Å². The zero-order valence-corrected chi connectivity index (χ0v) is 17.8. The summed E-state index contributed by atoms with van der Waals surface area (Å²) in [7, 11) is -3.23. The van der Waals surface area contributed by atoms with E-state index in [9.17, 15) is 0 Å². The fourth-order valence-electron chi connectivity index (χ4n) is 2.35. The van der Waals surface area contributed by atoms with Gasteiger partial charge in [-0.3, -0.25) is 0 Å². The maximum absolute atomic E-state index is 6.57. The highest BCUT2D eigenvalue weighted by Gasteiger charge is 2.36. The molecular weight excluding hydrogens is 336 g/mol. The number of rotatable bonds is 5. The van der Waals surface area contributed by atoms with E-state index in [0.29, 0.717) is 17.9 Å². The Kier molecular flexibility index (Phi) is 6.74. The van der Waals surface area contributed by atoms with Gasteiger partial charge in [0.25, 0.3) is 0 Å². The summed E-state index contributed by atoms with van der Waals surface area (Å²) in [6.07, 6.45) is 6.81. The molecule has 0 radical (unpaired) electrons. The highest BCUT2D eigenvalue weighted by Crippen LogP contribution is 2.36. The first-order valence-corrected chi connectivity index (χ1v) is 15.2. The molecule has 1 unspecified atom stereocenters. The molecule has 0 aromatic heterocycles. The van der Waals surface area contributed by atoms with Gasteiger partial charge in [0, 0.05) is 17.9 Å². The Hall–Kier alpha value is -0.976. The number of benzene rings is 1. The second kappa shape index (κ2) is 7.73. The lowest BCUT2D eigenvalue weighted by Crippen LogP contribution is -2.40. The molecule has 1 nitrogen and oxygen atoms in total. The number of hydrogen-bond donors (Lipinski definition) is 0. The van der Waals surface area contributed by atoms with E-state index in [1.54, 1.807) is 0 Å². The lowest BCUT2D eigenvalue weighted by Gasteiger charge is -2.37. The predicted octanol–water partition coefficient (Wildman–Crippen LogP) is 5.68. The van der Waals surface area contributed by atoms with Crippen LogP contribution in [0.25, 0.3) is 0 Å². The minimum Gasteiger partial charge on any atom is -0.406 e. The molecule has 4 heteroatoms. The molecule has 0 bridgehead atoms. The van der Waals surface area contributed by atoms with Crippen LogP contribution in [0.3, 0.4) is 0 Å². The van der Waals surface area contributed by atoms with Crippen LogP contribution in [-0.2, 0) is 10.0 Å². The monoisotopic (exact) mass is 362 g/mol. The largest absolute Gasteiger partial charge is 0.406 e. The van der Waals surface area contributed by atoms with Gasteiger partial charge in [-0.1, -0.05) is 43.4 Å². The average Bonchev–Trinajstić information content (AvgIpc) is 2.36. The van der Waals surface area contributed by atoms with Gasteiger partial charge in [0.1, 0.15) is 13.7 Å². The summed E-state index contributed by atoms with van der Waals surface area (Å²) in [4.78, 5) is 0. The third-order valence-corrected chi connectivity index (χ3v) is 5.28. The van der Waals surface area contributed by atoms with Gasteiger partial charge in [-0.25, -0.2) is 0 Å². The first kappa shape index (κ1) is 20.1. The fourth-order valence-corrected chi connectivity index (χ4v) is 4.53. The van der Waals surface area contributed by atoms with Gasteiger partial charge in [-0.2, -0.15) is 0 Å². The van der Waals surface area contributed by atoms with E-state index in [2.05, 4.69) is 56.7 Å². The summed E-state index contributed by atoms with van der Waals surface area (Å²) in [6.45, 7) is 13.3. The minimum absolute atomic E-state index is 0.513. The summed E-state index contributed by atoms with van der Waals surface area (Å²) in [6, 6.07) is 7.80. The van der Waals surface area contributed by atoms with E-state index in [1.165, 1.54) is 0 Å². The van der Waals surface area contributed by atoms with Gasteiger partial charge >= 0.3 is 0 Å². The maximum atomic E-state index is 6.57. The van der Waals surface area contributed by atoms with Crippen molar-refractivity contribution in [3.05, 3.63) is 34.9 Å². The Morgan fingerprint density at radius 1 is 1.04 bits per heavy atom. The molecule has 0 saturated carbocycles. The van der Waals surface area contributed by atoms with Crippen LogP contribution in [0.1, 0.15) is 18.4 Å². The Balaban J connectivity index is 3.32. The van der Waals surface area contributed by atoms with Crippen molar-refractivity contribution in [1.29, 1.82) is 0 Å². The van der Waals surface area contributed by atoms with Crippen molar-refractivity contribution in [1.82, 2.24) is 0 Å². The smallest absolute Gasteiger partial charge is 0.185 e. The molecule has 0 fully saturated rings. The van der Waals surface area contributed by atoms with Crippen LogP contribution in [0.15, 0.2) is 24.3 Å². The van der Waals surface area contributed by atoms with Gasteiger partial charge in [0.05, 0.1) is 0 Å². The van der Waals surface area contributed by atoms with Crippen LogP contribution in [-0.4, -0.2) is 16.4 Å². The van der Waals surface area contributed by atoms with Crippen LogP contribution in [0.4, 0.5) is 0 Å². The molecule has 0 aliphatic heterocycles. The van der Waals surface area contributed by atoms with Crippen molar-refractivity contribution in [2.45, 2.75) is 57.7 Å². The SMILES string of the molecule is C#CCC(CC#C[Si](C)(C)C)(O[Si](C)(C)C)c1ccc(Cl)cc1. The van der Waals surface area contributed by atoms with Crippen LogP contribution in [0.2, 0.25) is 44.3 Å². The van der Waals surface area contributed by atoms with E-state index in [1.807, 2.05) is 24.3 Å². The van der Waals surface area contributed by atoms with Gasteiger partial charge in [-0.05, 0) is 37.3 Å². The fraction of sp³-hybridized carbons (Fsp3) is 0.474. The molecular formula is C19H27ClOSi2. The quantitative estimate of drug-likeness (QED) is 0.483.